The number of aliphatic hydroxyl groups is 4. The number of rotatable bonds is 6. The fourth-order valence-corrected chi connectivity index (χ4v) is 3.56. The molecule has 1 aliphatic heterocycles. The molecular weight excluding hydrogens is 384 g/mol. The second-order valence-electron chi connectivity index (χ2n) is 6.85. The molecule has 28 heavy (non-hydrogen) atoms. The highest BCUT2D eigenvalue weighted by Crippen LogP contribution is 2.34. The Morgan fingerprint density at radius 1 is 1.00 bits per heavy atom. The summed E-state index contributed by atoms with van der Waals surface area (Å²) in [5.74, 6) is 0.799. The third-order valence-corrected chi connectivity index (χ3v) is 5.29. The van der Waals surface area contributed by atoms with Gasteiger partial charge in [-0.15, -0.1) is 0 Å². The molecule has 1 fully saturated rings. The number of aliphatic hydroxyl groups excluding tert-OH is 4. The Balaban J connectivity index is 1.82. The van der Waals surface area contributed by atoms with Crippen molar-refractivity contribution in [2.45, 2.75) is 43.9 Å². The second-order valence-corrected chi connectivity index (χ2v) is 7.26. The van der Waals surface area contributed by atoms with Crippen LogP contribution in [-0.2, 0) is 11.2 Å². The van der Waals surface area contributed by atoms with Gasteiger partial charge < -0.3 is 29.9 Å². The molecule has 1 saturated heterocycles. The Hall–Kier alpha value is -1.67. The van der Waals surface area contributed by atoms with E-state index in [1.807, 2.05) is 37.3 Å². The molecule has 1 heterocycles. The lowest BCUT2D eigenvalue weighted by atomic mass is 9.90. The fourth-order valence-electron chi connectivity index (χ4n) is 3.37. The summed E-state index contributed by atoms with van der Waals surface area (Å²) >= 11 is 6.35. The van der Waals surface area contributed by atoms with Gasteiger partial charge in [0.2, 0.25) is 0 Å². The van der Waals surface area contributed by atoms with Crippen LogP contribution in [0.2, 0.25) is 5.02 Å². The highest BCUT2D eigenvalue weighted by molar-refractivity contribution is 6.31. The molecule has 3 rings (SSSR count). The molecule has 0 saturated carbocycles. The van der Waals surface area contributed by atoms with Crippen LogP contribution in [0.15, 0.2) is 42.5 Å². The van der Waals surface area contributed by atoms with Crippen molar-refractivity contribution in [1.29, 1.82) is 0 Å². The Kier molecular flexibility index (Phi) is 6.93. The van der Waals surface area contributed by atoms with Gasteiger partial charge in [-0.2, -0.15) is 0 Å². The molecule has 2 aromatic rings. The molecule has 2 aromatic carbocycles. The van der Waals surface area contributed by atoms with E-state index in [9.17, 15) is 20.4 Å². The summed E-state index contributed by atoms with van der Waals surface area (Å²) in [6.45, 7) is 2.07. The smallest absolute Gasteiger partial charge is 0.119 e. The molecule has 4 N–H and O–H groups in total. The Morgan fingerprint density at radius 3 is 2.36 bits per heavy atom. The number of halogens is 1. The number of hydrogen-bond acceptors (Lipinski definition) is 6. The maximum absolute atomic E-state index is 10.3. The monoisotopic (exact) mass is 408 g/mol. The fraction of sp³-hybridized carbons (Fsp3) is 0.429. The summed E-state index contributed by atoms with van der Waals surface area (Å²) in [6, 6.07) is 12.9. The van der Waals surface area contributed by atoms with Gasteiger partial charge >= 0.3 is 0 Å². The van der Waals surface area contributed by atoms with Crippen LogP contribution in [0.4, 0.5) is 0 Å². The van der Waals surface area contributed by atoms with Crippen molar-refractivity contribution in [3.63, 3.8) is 0 Å². The van der Waals surface area contributed by atoms with Crippen molar-refractivity contribution in [3.05, 3.63) is 64.2 Å². The summed E-state index contributed by atoms with van der Waals surface area (Å²) < 4.78 is 11.1. The molecule has 0 unspecified atom stereocenters. The van der Waals surface area contributed by atoms with Gasteiger partial charge in [0.25, 0.3) is 0 Å². The molecule has 0 aromatic heterocycles. The number of hydrogen-bond donors (Lipinski definition) is 4. The minimum absolute atomic E-state index is 0.464. The molecule has 1 aliphatic rings. The van der Waals surface area contributed by atoms with Crippen LogP contribution in [0.5, 0.6) is 5.75 Å². The molecule has 152 valence electrons. The van der Waals surface area contributed by atoms with Gasteiger partial charge in [-0.3, -0.25) is 0 Å². The largest absolute Gasteiger partial charge is 0.494 e. The van der Waals surface area contributed by atoms with E-state index >= 15 is 0 Å². The molecule has 0 aliphatic carbocycles. The topological polar surface area (TPSA) is 99.4 Å². The van der Waals surface area contributed by atoms with Gasteiger partial charge in [-0.1, -0.05) is 35.9 Å². The summed E-state index contributed by atoms with van der Waals surface area (Å²) in [5.41, 5.74) is 2.49. The van der Waals surface area contributed by atoms with Crippen molar-refractivity contribution < 1.29 is 29.9 Å². The zero-order chi connectivity index (χ0) is 20.3. The van der Waals surface area contributed by atoms with Gasteiger partial charge in [0, 0.05) is 5.02 Å². The van der Waals surface area contributed by atoms with Crippen LogP contribution in [0.3, 0.4) is 0 Å². The van der Waals surface area contributed by atoms with Crippen molar-refractivity contribution in [3.8, 4) is 5.75 Å². The predicted octanol–water partition coefficient (Wildman–Crippen LogP) is 1.84. The molecule has 0 spiro atoms. The summed E-state index contributed by atoms with van der Waals surface area (Å²) in [6.07, 6.45) is -5.39. The highest BCUT2D eigenvalue weighted by Gasteiger charge is 2.43. The lowest BCUT2D eigenvalue weighted by Gasteiger charge is -2.40. The van der Waals surface area contributed by atoms with Gasteiger partial charge in [-0.05, 0) is 48.2 Å². The van der Waals surface area contributed by atoms with Crippen LogP contribution in [0, 0.1) is 0 Å². The second kappa shape index (κ2) is 9.22. The summed E-state index contributed by atoms with van der Waals surface area (Å²) in [7, 11) is 0. The minimum atomic E-state index is -1.42. The Bertz CT molecular complexity index is 779. The van der Waals surface area contributed by atoms with Crippen LogP contribution < -0.4 is 4.74 Å². The van der Waals surface area contributed by atoms with Gasteiger partial charge in [0.1, 0.15) is 36.3 Å². The zero-order valence-corrected chi connectivity index (χ0v) is 16.3. The normalized spacial score (nSPS) is 27.6. The van der Waals surface area contributed by atoms with Crippen LogP contribution in [0.25, 0.3) is 0 Å². The van der Waals surface area contributed by atoms with E-state index in [0.29, 0.717) is 23.6 Å². The number of ether oxygens (including phenoxy) is 2. The maximum Gasteiger partial charge on any atom is 0.119 e. The number of benzene rings is 2. The first kappa shape index (κ1) is 21.0. The van der Waals surface area contributed by atoms with Crippen molar-refractivity contribution in [1.82, 2.24) is 0 Å². The third-order valence-electron chi connectivity index (χ3n) is 4.92. The standard InChI is InChI=1S/C21H25ClO6/c1-2-27-15-6-3-12(4-7-15)9-14-10-13(5-8-16(14)22)21-20(26)19(25)18(24)17(11-23)28-21/h3-8,10,17-21,23-26H,2,9,11H2,1H3/t17-,18+,19-,20+,21-/m0/s1. The molecule has 7 heteroatoms. The molecule has 0 amide bonds. The first-order chi connectivity index (χ1) is 13.4. The van der Waals surface area contributed by atoms with Crippen molar-refractivity contribution in [2.24, 2.45) is 0 Å². The van der Waals surface area contributed by atoms with Gasteiger partial charge in [0.15, 0.2) is 0 Å². The van der Waals surface area contributed by atoms with E-state index in [1.54, 1.807) is 12.1 Å². The third kappa shape index (κ3) is 4.49. The summed E-state index contributed by atoms with van der Waals surface area (Å²) in [5, 5.41) is 40.3. The van der Waals surface area contributed by atoms with E-state index in [1.165, 1.54) is 0 Å². The quantitative estimate of drug-likeness (QED) is 0.582. The molecule has 6 nitrogen and oxygen atoms in total. The van der Waals surface area contributed by atoms with E-state index < -0.39 is 37.1 Å². The van der Waals surface area contributed by atoms with E-state index in [-0.39, 0.29) is 0 Å². The van der Waals surface area contributed by atoms with Crippen molar-refractivity contribution in [2.75, 3.05) is 13.2 Å². The average molecular weight is 409 g/mol. The lowest BCUT2D eigenvalue weighted by molar-refractivity contribution is -0.231. The lowest BCUT2D eigenvalue weighted by Crippen LogP contribution is -2.55. The van der Waals surface area contributed by atoms with Crippen LogP contribution >= 0.6 is 11.6 Å². The SMILES string of the molecule is CCOc1ccc(Cc2cc([C@@H]3O[C@@H](CO)[C@@H](O)[C@H](O)[C@H]3O)ccc2Cl)cc1. The predicted molar refractivity (Wildman–Crippen MR) is 105 cm³/mol. The van der Waals surface area contributed by atoms with E-state index in [2.05, 4.69) is 0 Å². The zero-order valence-electron chi connectivity index (χ0n) is 15.5. The van der Waals surface area contributed by atoms with Gasteiger partial charge in [0.05, 0.1) is 13.2 Å². The molecule has 5 atom stereocenters. The first-order valence-corrected chi connectivity index (χ1v) is 9.63. The van der Waals surface area contributed by atoms with Gasteiger partial charge in [-0.25, -0.2) is 0 Å². The highest BCUT2D eigenvalue weighted by atomic mass is 35.5. The van der Waals surface area contributed by atoms with Crippen LogP contribution in [-0.4, -0.2) is 58.1 Å². The van der Waals surface area contributed by atoms with E-state index in [0.717, 1.165) is 16.9 Å². The average Bonchev–Trinajstić information content (AvgIpc) is 2.70. The molecule has 0 radical (unpaired) electrons. The minimum Gasteiger partial charge on any atom is -0.494 e. The Morgan fingerprint density at radius 2 is 1.71 bits per heavy atom. The maximum atomic E-state index is 10.3. The van der Waals surface area contributed by atoms with Crippen molar-refractivity contribution >= 4 is 11.6 Å². The Labute approximate surface area is 168 Å². The van der Waals surface area contributed by atoms with Crippen LogP contribution in [0.1, 0.15) is 29.7 Å². The molecular formula is C21H25ClO6. The van der Waals surface area contributed by atoms with E-state index in [4.69, 9.17) is 21.1 Å². The summed E-state index contributed by atoms with van der Waals surface area (Å²) in [4.78, 5) is 0. The first-order valence-electron chi connectivity index (χ1n) is 9.25. The molecule has 0 bridgehead atoms.